The van der Waals surface area contributed by atoms with Crippen molar-refractivity contribution in [1.82, 2.24) is 5.32 Å². The van der Waals surface area contributed by atoms with E-state index in [1.807, 2.05) is 6.92 Å². The van der Waals surface area contributed by atoms with Gasteiger partial charge in [0.1, 0.15) is 5.56 Å². The first-order valence-corrected chi connectivity index (χ1v) is 7.26. The average Bonchev–Trinajstić information content (AvgIpc) is 2.50. The summed E-state index contributed by atoms with van der Waals surface area (Å²) in [5, 5.41) is 23.5. The molecule has 2 N–H and O–H groups in total. The van der Waals surface area contributed by atoms with Crippen LogP contribution in [0.2, 0.25) is 0 Å². The molecule has 0 aliphatic heterocycles. The number of nitro benzene ring substituents is 1. The monoisotopic (exact) mass is 348 g/mol. The van der Waals surface area contributed by atoms with Crippen LogP contribution in [0.4, 0.5) is 18.9 Å². The van der Waals surface area contributed by atoms with Gasteiger partial charge in [0.05, 0.1) is 16.1 Å². The van der Waals surface area contributed by atoms with E-state index >= 15 is 0 Å². The molecule has 0 aromatic heterocycles. The topological polar surface area (TPSA) is 92.5 Å². The van der Waals surface area contributed by atoms with Crippen molar-refractivity contribution in [2.45, 2.75) is 39.0 Å². The fourth-order valence-corrected chi connectivity index (χ4v) is 2.02. The fourth-order valence-electron chi connectivity index (χ4n) is 2.02. The molecule has 1 rings (SSSR count). The van der Waals surface area contributed by atoms with Gasteiger partial charge in [-0.2, -0.15) is 13.2 Å². The summed E-state index contributed by atoms with van der Waals surface area (Å²) < 4.78 is 37.9. The van der Waals surface area contributed by atoms with Gasteiger partial charge in [0, 0.05) is 12.6 Å². The second-order valence-electron chi connectivity index (χ2n) is 5.84. The average molecular weight is 348 g/mol. The summed E-state index contributed by atoms with van der Waals surface area (Å²) >= 11 is 0. The SMILES string of the molecule is CCC(C)C(C)(O)CNC(=O)c1ccc(C(F)(F)F)cc1[N+](=O)[O-]. The lowest BCUT2D eigenvalue weighted by Gasteiger charge is -2.29. The number of carbonyl (C=O) groups is 1. The molecule has 1 aromatic rings. The molecule has 6 nitrogen and oxygen atoms in total. The predicted octanol–water partition coefficient (Wildman–Crippen LogP) is 3.14. The largest absolute Gasteiger partial charge is 0.416 e. The van der Waals surface area contributed by atoms with Gasteiger partial charge in [-0.1, -0.05) is 20.3 Å². The van der Waals surface area contributed by atoms with E-state index < -0.39 is 39.4 Å². The van der Waals surface area contributed by atoms with Gasteiger partial charge in [0.15, 0.2) is 0 Å². The lowest BCUT2D eigenvalue weighted by atomic mass is 9.88. The standard InChI is InChI=1S/C15H19F3N2O4/c1-4-9(2)14(3,22)8-19-13(21)11-6-5-10(15(16,17)18)7-12(11)20(23)24/h5-7,9,22H,4,8H2,1-3H3,(H,19,21). The Morgan fingerprint density at radius 3 is 2.46 bits per heavy atom. The molecule has 134 valence electrons. The van der Waals surface area contributed by atoms with Crippen LogP contribution in [-0.2, 0) is 6.18 Å². The van der Waals surface area contributed by atoms with Crippen molar-refractivity contribution >= 4 is 11.6 Å². The Labute approximate surface area is 136 Å². The van der Waals surface area contributed by atoms with E-state index in [4.69, 9.17) is 0 Å². The van der Waals surface area contributed by atoms with Crippen molar-refractivity contribution in [3.05, 3.63) is 39.4 Å². The van der Waals surface area contributed by atoms with Crippen LogP contribution in [0.5, 0.6) is 0 Å². The third kappa shape index (κ3) is 4.67. The minimum Gasteiger partial charge on any atom is -0.388 e. The molecule has 1 aromatic carbocycles. The maximum Gasteiger partial charge on any atom is 0.416 e. The van der Waals surface area contributed by atoms with Crippen LogP contribution in [0.1, 0.15) is 43.1 Å². The zero-order chi connectivity index (χ0) is 18.7. The molecule has 0 aliphatic carbocycles. The number of rotatable bonds is 6. The van der Waals surface area contributed by atoms with E-state index in [-0.39, 0.29) is 12.5 Å². The number of halogens is 3. The first-order valence-electron chi connectivity index (χ1n) is 7.26. The van der Waals surface area contributed by atoms with Crippen molar-refractivity contribution in [2.75, 3.05) is 6.54 Å². The summed E-state index contributed by atoms with van der Waals surface area (Å²) in [6, 6.07) is 1.69. The number of nitro groups is 1. The Kier molecular flexibility index (Phi) is 5.94. The lowest BCUT2D eigenvalue weighted by Crippen LogP contribution is -2.45. The minimum absolute atomic E-state index is 0.152. The third-order valence-corrected chi connectivity index (χ3v) is 4.05. The first-order chi connectivity index (χ1) is 10.9. The van der Waals surface area contributed by atoms with Gasteiger partial charge in [0.25, 0.3) is 11.6 Å². The molecule has 2 unspecified atom stereocenters. The van der Waals surface area contributed by atoms with E-state index in [1.165, 1.54) is 6.92 Å². The Morgan fingerprint density at radius 2 is 2.00 bits per heavy atom. The summed E-state index contributed by atoms with van der Waals surface area (Å²) in [5.41, 5.74) is -3.89. The quantitative estimate of drug-likeness (QED) is 0.610. The number of nitrogens with one attached hydrogen (secondary N) is 1. The van der Waals surface area contributed by atoms with Gasteiger partial charge in [0.2, 0.25) is 0 Å². The number of benzene rings is 1. The summed E-state index contributed by atoms with van der Waals surface area (Å²) in [4.78, 5) is 22.0. The van der Waals surface area contributed by atoms with Gasteiger partial charge in [-0.25, -0.2) is 0 Å². The number of hydrogen-bond donors (Lipinski definition) is 2. The van der Waals surface area contributed by atoms with E-state index in [0.717, 1.165) is 6.07 Å². The van der Waals surface area contributed by atoms with Crippen molar-refractivity contribution in [1.29, 1.82) is 0 Å². The van der Waals surface area contributed by atoms with Crippen LogP contribution in [0, 0.1) is 16.0 Å². The molecule has 24 heavy (non-hydrogen) atoms. The molecule has 0 fully saturated rings. The minimum atomic E-state index is -4.75. The van der Waals surface area contributed by atoms with E-state index in [1.54, 1.807) is 6.92 Å². The van der Waals surface area contributed by atoms with Gasteiger partial charge in [-0.05, 0) is 25.0 Å². The van der Waals surface area contributed by atoms with Crippen molar-refractivity contribution in [3.8, 4) is 0 Å². The molecular weight excluding hydrogens is 329 g/mol. The summed E-state index contributed by atoms with van der Waals surface area (Å²) in [6.07, 6.45) is -4.11. The summed E-state index contributed by atoms with van der Waals surface area (Å²) in [6.45, 7) is 4.94. The fraction of sp³-hybridized carbons (Fsp3) is 0.533. The Bertz CT molecular complexity index is 630. The molecule has 0 saturated carbocycles. The van der Waals surface area contributed by atoms with E-state index in [9.17, 15) is 33.2 Å². The highest BCUT2D eigenvalue weighted by Gasteiger charge is 2.34. The lowest BCUT2D eigenvalue weighted by molar-refractivity contribution is -0.385. The third-order valence-electron chi connectivity index (χ3n) is 4.05. The van der Waals surface area contributed by atoms with Crippen molar-refractivity contribution in [2.24, 2.45) is 5.92 Å². The maximum atomic E-state index is 12.6. The normalized spacial score (nSPS) is 15.5. The smallest absolute Gasteiger partial charge is 0.388 e. The maximum absolute atomic E-state index is 12.6. The van der Waals surface area contributed by atoms with Crippen LogP contribution >= 0.6 is 0 Å². The molecule has 9 heteroatoms. The second kappa shape index (κ2) is 7.16. The Hall–Kier alpha value is -2.16. The molecule has 0 heterocycles. The first kappa shape index (κ1) is 19.9. The predicted molar refractivity (Wildman–Crippen MR) is 80.5 cm³/mol. The molecular formula is C15H19F3N2O4. The molecule has 0 bridgehead atoms. The van der Waals surface area contributed by atoms with Crippen molar-refractivity contribution in [3.63, 3.8) is 0 Å². The van der Waals surface area contributed by atoms with Crippen LogP contribution in [0.15, 0.2) is 18.2 Å². The Morgan fingerprint density at radius 1 is 1.42 bits per heavy atom. The van der Waals surface area contributed by atoms with Gasteiger partial charge in [-0.15, -0.1) is 0 Å². The molecule has 0 radical (unpaired) electrons. The highest BCUT2D eigenvalue weighted by molar-refractivity contribution is 5.98. The zero-order valence-electron chi connectivity index (χ0n) is 13.5. The van der Waals surface area contributed by atoms with E-state index in [2.05, 4.69) is 5.32 Å². The second-order valence-corrected chi connectivity index (χ2v) is 5.84. The number of carbonyl (C=O) groups excluding carboxylic acids is 1. The van der Waals surface area contributed by atoms with Crippen LogP contribution < -0.4 is 5.32 Å². The molecule has 0 saturated heterocycles. The van der Waals surface area contributed by atoms with Crippen LogP contribution in [0.3, 0.4) is 0 Å². The van der Waals surface area contributed by atoms with Crippen LogP contribution in [0.25, 0.3) is 0 Å². The zero-order valence-corrected chi connectivity index (χ0v) is 13.5. The molecule has 1 amide bonds. The summed E-state index contributed by atoms with van der Waals surface area (Å²) in [5.74, 6) is -1.07. The molecule has 0 aliphatic rings. The number of amides is 1. The number of hydrogen-bond acceptors (Lipinski definition) is 4. The highest BCUT2D eigenvalue weighted by atomic mass is 19.4. The van der Waals surface area contributed by atoms with Crippen molar-refractivity contribution < 1.29 is 28.0 Å². The van der Waals surface area contributed by atoms with Crippen LogP contribution in [-0.4, -0.2) is 28.1 Å². The number of nitrogens with zero attached hydrogens (tertiary/aromatic N) is 1. The van der Waals surface area contributed by atoms with Gasteiger partial charge < -0.3 is 10.4 Å². The Balaban J connectivity index is 3.05. The number of alkyl halides is 3. The summed E-state index contributed by atoms with van der Waals surface area (Å²) in [7, 11) is 0. The molecule has 2 atom stereocenters. The highest BCUT2D eigenvalue weighted by Crippen LogP contribution is 2.33. The van der Waals surface area contributed by atoms with E-state index in [0.29, 0.717) is 18.6 Å². The molecule has 0 spiro atoms. The van der Waals surface area contributed by atoms with Gasteiger partial charge in [-0.3, -0.25) is 14.9 Å². The number of aliphatic hydroxyl groups is 1. The van der Waals surface area contributed by atoms with Gasteiger partial charge >= 0.3 is 6.18 Å².